The van der Waals surface area contributed by atoms with E-state index in [0.717, 1.165) is 4.47 Å². The van der Waals surface area contributed by atoms with Crippen LogP contribution in [0, 0.1) is 0 Å². The minimum atomic E-state index is -3.34. The molecule has 0 N–H and O–H groups in total. The Bertz CT molecular complexity index is 490. The fourth-order valence-corrected chi connectivity index (χ4v) is 3.12. The summed E-state index contributed by atoms with van der Waals surface area (Å²) in [6.07, 6.45) is 0. The molecular formula is C8H5BrO3S. The molecule has 5 heteroatoms. The van der Waals surface area contributed by atoms with Crippen molar-refractivity contribution in [3.63, 3.8) is 0 Å². The molecule has 0 amide bonds. The minimum Gasteiger partial charge on any atom is -0.293 e. The quantitative estimate of drug-likeness (QED) is 0.709. The van der Waals surface area contributed by atoms with E-state index in [2.05, 4.69) is 15.9 Å². The van der Waals surface area contributed by atoms with E-state index in [0.29, 0.717) is 5.56 Å². The molecule has 2 rings (SSSR count). The first kappa shape index (κ1) is 8.90. The van der Waals surface area contributed by atoms with Crippen LogP contribution in [0.5, 0.6) is 0 Å². The maximum atomic E-state index is 11.3. The molecule has 0 saturated heterocycles. The van der Waals surface area contributed by atoms with E-state index in [9.17, 15) is 13.2 Å². The number of carbonyl (C=O) groups excluding carboxylic acids is 1. The monoisotopic (exact) mass is 260 g/mol. The third-order valence-electron chi connectivity index (χ3n) is 1.90. The van der Waals surface area contributed by atoms with Crippen LogP contribution in [0.3, 0.4) is 0 Å². The van der Waals surface area contributed by atoms with E-state index in [-0.39, 0.29) is 10.7 Å². The summed E-state index contributed by atoms with van der Waals surface area (Å²) in [4.78, 5) is 11.4. The molecule has 0 radical (unpaired) electrons. The lowest BCUT2D eigenvalue weighted by Crippen LogP contribution is -2.03. The van der Waals surface area contributed by atoms with E-state index in [1.165, 1.54) is 6.07 Å². The van der Waals surface area contributed by atoms with Gasteiger partial charge in [0.25, 0.3) is 0 Å². The number of hydrogen-bond acceptors (Lipinski definition) is 3. The van der Waals surface area contributed by atoms with E-state index in [1.54, 1.807) is 12.1 Å². The molecular weight excluding hydrogens is 256 g/mol. The Kier molecular flexibility index (Phi) is 1.82. The molecule has 0 unspecified atom stereocenters. The second-order valence-electron chi connectivity index (χ2n) is 2.82. The van der Waals surface area contributed by atoms with Crippen molar-refractivity contribution in [2.75, 3.05) is 5.75 Å². The minimum absolute atomic E-state index is 0.153. The van der Waals surface area contributed by atoms with E-state index < -0.39 is 15.6 Å². The van der Waals surface area contributed by atoms with Gasteiger partial charge in [-0.15, -0.1) is 0 Å². The molecule has 68 valence electrons. The van der Waals surface area contributed by atoms with Crippen LogP contribution in [0.4, 0.5) is 0 Å². The molecule has 1 aliphatic heterocycles. The third-order valence-corrected chi connectivity index (χ3v) is 4.06. The molecule has 0 saturated carbocycles. The Hall–Kier alpha value is -0.680. The van der Waals surface area contributed by atoms with Crippen LogP contribution in [0.25, 0.3) is 0 Å². The topological polar surface area (TPSA) is 51.2 Å². The van der Waals surface area contributed by atoms with Crippen molar-refractivity contribution in [2.24, 2.45) is 0 Å². The maximum absolute atomic E-state index is 11.3. The highest BCUT2D eigenvalue weighted by atomic mass is 79.9. The number of carbonyl (C=O) groups is 1. The Morgan fingerprint density at radius 2 is 2.00 bits per heavy atom. The number of ketones is 1. The first-order valence-electron chi connectivity index (χ1n) is 3.56. The highest BCUT2D eigenvalue weighted by Crippen LogP contribution is 2.28. The fourth-order valence-electron chi connectivity index (χ4n) is 1.32. The lowest BCUT2D eigenvalue weighted by molar-refractivity contribution is 0.102. The average molecular weight is 261 g/mol. The number of fused-ring (bicyclic) bond motifs is 1. The smallest absolute Gasteiger partial charge is 0.186 e. The van der Waals surface area contributed by atoms with Crippen LogP contribution in [0.15, 0.2) is 27.6 Å². The van der Waals surface area contributed by atoms with E-state index >= 15 is 0 Å². The van der Waals surface area contributed by atoms with E-state index in [1.807, 2.05) is 0 Å². The van der Waals surface area contributed by atoms with Gasteiger partial charge in [0.2, 0.25) is 0 Å². The fraction of sp³-hybridized carbons (Fsp3) is 0.125. The van der Waals surface area contributed by atoms with Crippen molar-refractivity contribution < 1.29 is 13.2 Å². The molecule has 0 atom stereocenters. The van der Waals surface area contributed by atoms with Gasteiger partial charge in [0.15, 0.2) is 15.6 Å². The second-order valence-corrected chi connectivity index (χ2v) is 5.70. The Labute approximate surface area is 83.8 Å². The van der Waals surface area contributed by atoms with Crippen LogP contribution >= 0.6 is 15.9 Å². The summed E-state index contributed by atoms with van der Waals surface area (Å²) >= 11 is 3.18. The first-order chi connectivity index (χ1) is 6.00. The van der Waals surface area contributed by atoms with Crippen LogP contribution in [-0.4, -0.2) is 20.0 Å². The predicted molar refractivity (Wildman–Crippen MR) is 50.5 cm³/mol. The van der Waals surface area contributed by atoms with Gasteiger partial charge >= 0.3 is 0 Å². The van der Waals surface area contributed by atoms with Crippen LogP contribution in [0.1, 0.15) is 10.4 Å². The van der Waals surface area contributed by atoms with Gasteiger partial charge in [-0.05, 0) is 18.2 Å². The van der Waals surface area contributed by atoms with Crippen molar-refractivity contribution in [3.8, 4) is 0 Å². The van der Waals surface area contributed by atoms with Crippen LogP contribution in [0.2, 0.25) is 0 Å². The molecule has 1 aliphatic rings. The molecule has 3 nitrogen and oxygen atoms in total. The summed E-state index contributed by atoms with van der Waals surface area (Å²) in [5, 5.41) is 0. The lowest BCUT2D eigenvalue weighted by atomic mass is 10.2. The van der Waals surface area contributed by atoms with Crippen molar-refractivity contribution in [1.82, 2.24) is 0 Å². The molecule has 0 aliphatic carbocycles. The Morgan fingerprint density at radius 3 is 2.69 bits per heavy atom. The largest absolute Gasteiger partial charge is 0.293 e. The van der Waals surface area contributed by atoms with Crippen molar-refractivity contribution in [3.05, 3.63) is 28.2 Å². The standard InChI is InChI=1S/C8H5BrO3S/c9-5-1-2-8-6(3-5)7(10)4-13(8,11)12/h1-3H,4H2. The molecule has 1 aromatic carbocycles. The maximum Gasteiger partial charge on any atom is 0.186 e. The van der Waals surface area contributed by atoms with Crippen LogP contribution in [-0.2, 0) is 9.84 Å². The number of sulfone groups is 1. The van der Waals surface area contributed by atoms with Gasteiger partial charge in [0.05, 0.1) is 4.90 Å². The van der Waals surface area contributed by atoms with Gasteiger partial charge < -0.3 is 0 Å². The Balaban J connectivity index is 2.80. The summed E-state index contributed by atoms with van der Waals surface area (Å²) < 4.78 is 23.4. The second kappa shape index (κ2) is 2.65. The average Bonchev–Trinajstić information content (AvgIpc) is 2.22. The molecule has 1 heterocycles. The number of Topliss-reactive ketones (excluding diaryl/α,β-unsaturated/α-hetero) is 1. The number of halogens is 1. The first-order valence-corrected chi connectivity index (χ1v) is 6.01. The van der Waals surface area contributed by atoms with Gasteiger partial charge in [0, 0.05) is 10.0 Å². The van der Waals surface area contributed by atoms with Gasteiger partial charge in [0.1, 0.15) is 5.75 Å². The molecule has 13 heavy (non-hydrogen) atoms. The molecule has 0 spiro atoms. The number of hydrogen-bond donors (Lipinski definition) is 0. The Morgan fingerprint density at radius 1 is 1.31 bits per heavy atom. The lowest BCUT2D eigenvalue weighted by Gasteiger charge is -1.95. The summed E-state index contributed by atoms with van der Waals surface area (Å²) in [6.45, 7) is 0. The normalized spacial score (nSPS) is 18.7. The van der Waals surface area contributed by atoms with Gasteiger partial charge in [-0.3, -0.25) is 4.79 Å². The number of benzene rings is 1. The molecule has 1 aromatic rings. The highest BCUT2D eigenvalue weighted by molar-refractivity contribution is 9.10. The molecule has 0 bridgehead atoms. The van der Waals surface area contributed by atoms with Gasteiger partial charge in [-0.25, -0.2) is 8.42 Å². The summed E-state index contributed by atoms with van der Waals surface area (Å²) in [5.41, 5.74) is 0.300. The zero-order valence-corrected chi connectivity index (χ0v) is 8.85. The zero-order valence-electron chi connectivity index (χ0n) is 6.45. The molecule has 0 aromatic heterocycles. The summed E-state index contributed by atoms with van der Waals surface area (Å²) in [7, 11) is -3.34. The van der Waals surface area contributed by atoms with Crippen molar-refractivity contribution in [2.45, 2.75) is 4.90 Å². The summed E-state index contributed by atoms with van der Waals surface area (Å²) in [6, 6.07) is 4.62. The SMILES string of the molecule is O=C1CS(=O)(=O)c2ccc(Br)cc21. The van der Waals surface area contributed by atoms with Crippen LogP contribution < -0.4 is 0 Å². The van der Waals surface area contributed by atoms with Crippen molar-refractivity contribution >= 4 is 31.6 Å². The van der Waals surface area contributed by atoms with Gasteiger partial charge in [-0.2, -0.15) is 0 Å². The van der Waals surface area contributed by atoms with Gasteiger partial charge in [-0.1, -0.05) is 15.9 Å². The molecule has 0 fully saturated rings. The predicted octanol–water partition coefficient (Wildman–Crippen LogP) is 1.42. The highest BCUT2D eigenvalue weighted by Gasteiger charge is 2.32. The summed E-state index contributed by atoms with van der Waals surface area (Å²) in [5.74, 6) is -0.713. The third kappa shape index (κ3) is 1.32. The van der Waals surface area contributed by atoms with Crippen molar-refractivity contribution in [1.29, 1.82) is 0 Å². The van der Waals surface area contributed by atoms with E-state index in [4.69, 9.17) is 0 Å². The number of rotatable bonds is 0. The zero-order chi connectivity index (χ0) is 9.64.